The molecule has 0 atom stereocenters. The molecule has 0 saturated carbocycles. The molecule has 0 N–H and O–H groups in total. The van der Waals surface area contributed by atoms with Crippen LogP contribution in [0.3, 0.4) is 0 Å². The Kier molecular flexibility index (Phi) is 3.40. The molecule has 0 radical (unpaired) electrons. The summed E-state index contributed by atoms with van der Waals surface area (Å²) in [5.41, 5.74) is 4.82. The lowest BCUT2D eigenvalue weighted by Crippen LogP contribution is -2.20. The molecule has 0 spiro atoms. The Morgan fingerprint density at radius 3 is 2.43 bits per heavy atom. The first-order valence-corrected chi connectivity index (χ1v) is 6.88. The lowest BCUT2D eigenvalue weighted by atomic mass is 10.0. The summed E-state index contributed by atoms with van der Waals surface area (Å²) in [7, 11) is 0. The van der Waals surface area contributed by atoms with Crippen molar-refractivity contribution in [2.75, 3.05) is 0 Å². The van der Waals surface area contributed by atoms with E-state index < -0.39 is 0 Å². The van der Waals surface area contributed by atoms with E-state index in [1.807, 2.05) is 30.3 Å². The van der Waals surface area contributed by atoms with E-state index in [1.165, 1.54) is 10.2 Å². The number of aromatic nitrogens is 2. The monoisotopic (exact) mass is 276 g/mol. The van der Waals surface area contributed by atoms with Crippen molar-refractivity contribution in [2.24, 2.45) is 0 Å². The summed E-state index contributed by atoms with van der Waals surface area (Å²) in [6.07, 6.45) is 0. The van der Waals surface area contributed by atoms with Crippen LogP contribution in [0.2, 0.25) is 0 Å². The van der Waals surface area contributed by atoms with Crippen molar-refractivity contribution in [3.63, 3.8) is 0 Å². The van der Waals surface area contributed by atoms with Crippen molar-refractivity contribution in [1.82, 2.24) is 9.78 Å². The van der Waals surface area contributed by atoms with Gasteiger partial charge < -0.3 is 0 Å². The predicted octanol–water partition coefficient (Wildman–Crippen LogP) is 3.52. The minimum absolute atomic E-state index is 0.129. The van der Waals surface area contributed by atoms with Crippen molar-refractivity contribution in [1.29, 1.82) is 0 Å². The number of benzene rings is 2. The fourth-order valence-corrected chi connectivity index (χ4v) is 2.32. The van der Waals surface area contributed by atoms with Crippen molar-refractivity contribution in [3.05, 3.63) is 82.1 Å². The zero-order valence-electron chi connectivity index (χ0n) is 12.1. The minimum atomic E-state index is -0.129. The standard InChI is InChI=1S/C18H16N2O/c1-13-8-9-14(2)16(12-13)17-10-11-18(21)20(19-17)15-6-4-3-5-7-15/h3-12H,1-2H3. The van der Waals surface area contributed by atoms with Crippen molar-refractivity contribution < 1.29 is 0 Å². The van der Waals surface area contributed by atoms with Gasteiger partial charge in [0.15, 0.2) is 0 Å². The molecule has 0 saturated heterocycles. The molecule has 3 nitrogen and oxygen atoms in total. The second kappa shape index (κ2) is 5.37. The number of rotatable bonds is 2. The minimum Gasteiger partial charge on any atom is -0.267 e. The molecule has 0 fully saturated rings. The van der Waals surface area contributed by atoms with Gasteiger partial charge in [-0.05, 0) is 43.7 Å². The van der Waals surface area contributed by atoms with Gasteiger partial charge in [-0.2, -0.15) is 9.78 Å². The second-order valence-electron chi connectivity index (χ2n) is 5.12. The highest BCUT2D eigenvalue weighted by molar-refractivity contribution is 5.63. The summed E-state index contributed by atoms with van der Waals surface area (Å²) >= 11 is 0. The molecule has 1 aromatic heterocycles. The lowest BCUT2D eigenvalue weighted by molar-refractivity contribution is 0.812. The molecule has 3 aromatic rings. The van der Waals surface area contributed by atoms with E-state index in [2.05, 4.69) is 37.1 Å². The zero-order valence-corrected chi connectivity index (χ0v) is 12.1. The first kappa shape index (κ1) is 13.3. The number of para-hydroxylation sites is 1. The second-order valence-corrected chi connectivity index (χ2v) is 5.12. The summed E-state index contributed by atoms with van der Waals surface area (Å²) in [5.74, 6) is 0. The number of aryl methyl sites for hydroxylation is 2. The average Bonchev–Trinajstić information content (AvgIpc) is 2.51. The Morgan fingerprint density at radius 1 is 0.905 bits per heavy atom. The third kappa shape index (κ3) is 2.63. The number of hydrogen-bond acceptors (Lipinski definition) is 2. The Hall–Kier alpha value is -2.68. The van der Waals surface area contributed by atoms with Crippen molar-refractivity contribution in [3.8, 4) is 16.9 Å². The van der Waals surface area contributed by atoms with Crippen LogP contribution < -0.4 is 5.56 Å². The average molecular weight is 276 g/mol. The first-order chi connectivity index (χ1) is 10.1. The van der Waals surface area contributed by atoms with Crippen LogP contribution in [0.1, 0.15) is 11.1 Å². The van der Waals surface area contributed by atoms with Gasteiger partial charge in [-0.25, -0.2) is 0 Å². The molecule has 0 aliphatic carbocycles. The molecular weight excluding hydrogens is 260 g/mol. The fraction of sp³-hybridized carbons (Fsp3) is 0.111. The summed E-state index contributed by atoms with van der Waals surface area (Å²) in [6, 6.07) is 19.1. The molecule has 21 heavy (non-hydrogen) atoms. The molecule has 3 heteroatoms. The van der Waals surface area contributed by atoms with Gasteiger partial charge in [0, 0.05) is 11.6 Å². The van der Waals surface area contributed by atoms with Gasteiger partial charge in [0.25, 0.3) is 5.56 Å². The van der Waals surface area contributed by atoms with Crippen molar-refractivity contribution >= 4 is 0 Å². The molecule has 3 rings (SSSR count). The Labute approximate surface area is 123 Å². The van der Waals surface area contributed by atoms with Crippen LogP contribution in [0.25, 0.3) is 16.9 Å². The number of hydrogen-bond donors (Lipinski definition) is 0. The largest absolute Gasteiger partial charge is 0.271 e. The molecule has 0 unspecified atom stereocenters. The van der Waals surface area contributed by atoms with Crippen LogP contribution in [0.4, 0.5) is 0 Å². The van der Waals surface area contributed by atoms with Gasteiger partial charge in [0.1, 0.15) is 0 Å². The Balaban J connectivity index is 2.18. The van der Waals surface area contributed by atoms with Crippen LogP contribution >= 0.6 is 0 Å². The first-order valence-electron chi connectivity index (χ1n) is 6.88. The summed E-state index contributed by atoms with van der Waals surface area (Å²) < 4.78 is 1.44. The van der Waals surface area contributed by atoms with E-state index >= 15 is 0 Å². The van der Waals surface area contributed by atoms with Gasteiger partial charge in [-0.1, -0.05) is 35.9 Å². The topological polar surface area (TPSA) is 34.9 Å². The third-order valence-corrected chi connectivity index (χ3v) is 3.47. The molecule has 2 aromatic carbocycles. The normalized spacial score (nSPS) is 10.6. The molecule has 104 valence electrons. The van der Waals surface area contributed by atoms with Crippen LogP contribution in [0, 0.1) is 13.8 Å². The summed E-state index contributed by atoms with van der Waals surface area (Å²) in [6.45, 7) is 4.10. The maximum Gasteiger partial charge on any atom is 0.271 e. The zero-order chi connectivity index (χ0) is 14.8. The Bertz CT molecular complexity index is 835. The maximum atomic E-state index is 12.1. The predicted molar refractivity (Wildman–Crippen MR) is 84.7 cm³/mol. The summed E-state index contributed by atoms with van der Waals surface area (Å²) in [5, 5.41) is 4.52. The number of nitrogens with zero attached hydrogens (tertiary/aromatic N) is 2. The maximum absolute atomic E-state index is 12.1. The van der Waals surface area contributed by atoms with Crippen LogP contribution in [0.15, 0.2) is 65.5 Å². The van der Waals surface area contributed by atoms with Gasteiger partial charge in [-0.3, -0.25) is 4.79 Å². The molecule has 0 bridgehead atoms. The highest BCUT2D eigenvalue weighted by Gasteiger charge is 2.07. The Morgan fingerprint density at radius 2 is 1.67 bits per heavy atom. The van der Waals surface area contributed by atoms with E-state index in [0.29, 0.717) is 0 Å². The third-order valence-electron chi connectivity index (χ3n) is 3.47. The van der Waals surface area contributed by atoms with E-state index in [4.69, 9.17) is 0 Å². The highest BCUT2D eigenvalue weighted by atomic mass is 16.1. The van der Waals surface area contributed by atoms with Gasteiger partial charge in [0.05, 0.1) is 11.4 Å². The van der Waals surface area contributed by atoms with Crippen LogP contribution in [-0.2, 0) is 0 Å². The quantitative estimate of drug-likeness (QED) is 0.718. The molecule has 1 heterocycles. The molecule has 0 aliphatic heterocycles. The van der Waals surface area contributed by atoms with E-state index in [-0.39, 0.29) is 5.56 Å². The fourth-order valence-electron chi connectivity index (χ4n) is 2.32. The van der Waals surface area contributed by atoms with Gasteiger partial charge >= 0.3 is 0 Å². The summed E-state index contributed by atoms with van der Waals surface area (Å²) in [4.78, 5) is 12.1. The van der Waals surface area contributed by atoms with Crippen LogP contribution in [-0.4, -0.2) is 9.78 Å². The van der Waals surface area contributed by atoms with Gasteiger partial charge in [-0.15, -0.1) is 0 Å². The van der Waals surface area contributed by atoms with E-state index in [1.54, 1.807) is 12.1 Å². The SMILES string of the molecule is Cc1ccc(C)c(-c2ccc(=O)n(-c3ccccc3)n2)c1. The van der Waals surface area contributed by atoms with Gasteiger partial charge in [0.2, 0.25) is 0 Å². The molecular formula is C18H16N2O. The van der Waals surface area contributed by atoms with E-state index in [9.17, 15) is 4.79 Å². The molecule has 0 amide bonds. The van der Waals surface area contributed by atoms with E-state index in [0.717, 1.165) is 22.5 Å². The van der Waals surface area contributed by atoms with Crippen LogP contribution in [0.5, 0.6) is 0 Å². The van der Waals surface area contributed by atoms with Crippen molar-refractivity contribution in [2.45, 2.75) is 13.8 Å². The lowest BCUT2D eigenvalue weighted by Gasteiger charge is -2.09. The highest BCUT2D eigenvalue weighted by Crippen LogP contribution is 2.22. The molecule has 0 aliphatic rings. The smallest absolute Gasteiger partial charge is 0.267 e.